The van der Waals surface area contributed by atoms with Crippen LogP contribution in [-0.4, -0.2) is 36.3 Å². The third-order valence-electron chi connectivity index (χ3n) is 5.33. The van der Waals surface area contributed by atoms with Crippen molar-refractivity contribution in [1.82, 2.24) is 9.38 Å². The van der Waals surface area contributed by atoms with E-state index in [2.05, 4.69) is 33.8 Å². The number of piperidine rings is 1. The minimum absolute atomic E-state index is 0.196. The van der Waals surface area contributed by atoms with Gasteiger partial charge < -0.3 is 14.0 Å². The number of pyridine rings is 1. The molecule has 0 N–H and O–H groups in total. The van der Waals surface area contributed by atoms with Gasteiger partial charge in [0, 0.05) is 42.8 Å². The van der Waals surface area contributed by atoms with Gasteiger partial charge in [0.25, 0.3) is 0 Å². The van der Waals surface area contributed by atoms with Gasteiger partial charge in [-0.05, 0) is 55.5 Å². The van der Waals surface area contributed by atoms with E-state index >= 15 is 0 Å². The van der Waals surface area contributed by atoms with Crippen molar-refractivity contribution in [3.8, 4) is 17.0 Å². The maximum absolute atomic E-state index is 12.5. The molecule has 4 rings (SSSR count). The molecule has 2 aromatic heterocycles. The number of hydrogen-bond donors (Lipinski definition) is 0. The lowest BCUT2D eigenvalue weighted by atomic mass is 9.94. The fourth-order valence-corrected chi connectivity index (χ4v) is 3.70. The van der Waals surface area contributed by atoms with E-state index in [1.54, 1.807) is 7.11 Å². The van der Waals surface area contributed by atoms with E-state index in [1.807, 2.05) is 24.3 Å². The Balaban J connectivity index is 1.54. The molecule has 0 amide bonds. The number of aromatic nitrogens is 2. The van der Waals surface area contributed by atoms with Crippen molar-refractivity contribution in [2.75, 3.05) is 31.8 Å². The summed E-state index contributed by atoms with van der Waals surface area (Å²) in [4.78, 5) is 7.17. The fraction of sp³-hybridized carbons (Fsp3) is 0.381. The van der Waals surface area contributed by atoms with Gasteiger partial charge in [-0.1, -0.05) is 0 Å². The monoisotopic (exact) mass is 353 g/mol. The van der Waals surface area contributed by atoms with Gasteiger partial charge in [-0.25, -0.2) is 4.98 Å². The molecule has 5 heteroatoms. The predicted molar refractivity (Wildman–Crippen MR) is 103 cm³/mol. The first-order valence-electron chi connectivity index (χ1n) is 9.21. The highest BCUT2D eigenvalue weighted by Crippen LogP contribution is 2.27. The third kappa shape index (κ3) is 3.39. The van der Waals surface area contributed by atoms with Gasteiger partial charge >= 0.3 is 0 Å². The van der Waals surface area contributed by atoms with Crippen LogP contribution in [0.15, 0.2) is 48.8 Å². The Labute approximate surface area is 153 Å². The van der Waals surface area contributed by atoms with Crippen molar-refractivity contribution < 1.29 is 9.13 Å². The molecule has 1 aliphatic heterocycles. The topological polar surface area (TPSA) is 29.8 Å². The van der Waals surface area contributed by atoms with Crippen molar-refractivity contribution in [2.24, 2.45) is 5.92 Å². The number of rotatable bonds is 5. The van der Waals surface area contributed by atoms with Gasteiger partial charge in [-0.15, -0.1) is 0 Å². The second-order valence-electron chi connectivity index (χ2n) is 6.91. The molecule has 1 fully saturated rings. The second-order valence-corrected chi connectivity index (χ2v) is 6.91. The van der Waals surface area contributed by atoms with Crippen molar-refractivity contribution in [3.63, 3.8) is 0 Å². The normalized spacial score (nSPS) is 15.5. The van der Waals surface area contributed by atoms with Crippen LogP contribution in [0, 0.1) is 5.92 Å². The smallest absolute Gasteiger partial charge is 0.139 e. The molecule has 1 aliphatic rings. The summed E-state index contributed by atoms with van der Waals surface area (Å²) in [6, 6.07) is 12.2. The highest BCUT2D eigenvalue weighted by molar-refractivity contribution is 5.66. The molecule has 4 nitrogen and oxygen atoms in total. The van der Waals surface area contributed by atoms with E-state index in [1.165, 1.54) is 5.69 Å². The van der Waals surface area contributed by atoms with Crippen molar-refractivity contribution in [3.05, 3.63) is 48.8 Å². The largest absolute Gasteiger partial charge is 0.497 e. The SMILES string of the molecule is COc1ccc(-c2cn3ccc(N4CCC(CCF)CC4)cc3n2)cc1. The molecule has 0 atom stereocenters. The Hall–Kier alpha value is -2.56. The molecule has 1 saturated heterocycles. The highest BCUT2D eigenvalue weighted by Gasteiger charge is 2.19. The molecule has 1 aromatic carbocycles. The molecular weight excluding hydrogens is 329 g/mol. The van der Waals surface area contributed by atoms with E-state index in [9.17, 15) is 4.39 Å². The number of methoxy groups -OCH3 is 1. The van der Waals surface area contributed by atoms with E-state index in [4.69, 9.17) is 9.72 Å². The third-order valence-corrected chi connectivity index (χ3v) is 5.33. The van der Waals surface area contributed by atoms with Gasteiger partial charge in [0.05, 0.1) is 19.5 Å². The summed E-state index contributed by atoms with van der Waals surface area (Å²) in [5.41, 5.74) is 4.16. The number of nitrogens with zero attached hydrogens (tertiary/aromatic N) is 3. The molecule has 0 unspecified atom stereocenters. The van der Waals surface area contributed by atoms with Gasteiger partial charge in [0.15, 0.2) is 0 Å². The minimum Gasteiger partial charge on any atom is -0.497 e. The summed E-state index contributed by atoms with van der Waals surface area (Å²) >= 11 is 0. The van der Waals surface area contributed by atoms with E-state index in [0.717, 1.165) is 48.6 Å². The minimum atomic E-state index is -0.196. The van der Waals surface area contributed by atoms with Crippen molar-refractivity contribution in [1.29, 1.82) is 0 Å². The fourth-order valence-electron chi connectivity index (χ4n) is 3.70. The van der Waals surface area contributed by atoms with Crippen LogP contribution in [0.1, 0.15) is 19.3 Å². The quantitative estimate of drug-likeness (QED) is 0.672. The average molecular weight is 353 g/mol. The summed E-state index contributed by atoms with van der Waals surface area (Å²) in [6.07, 6.45) is 6.96. The summed E-state index contributed by atoms with van der Waals surface area (Å²) in [5.74, 6) is 1.38. The number of halogens is 1. The summed E-state index contributed by atoms with van der Waals surface area (Å²) < 4.78 is 19.8. The van der Waals surface area contributed by atoms with Gasteiger partial charge in [-0.3, -0.25) is 4.39 Å². The molecule has 3 aromatic rings. The lowest BCUT2D eigenvalue weighted by Gasteiger charge is -2.33. The van der Waals surface area contributed by atoms with Crippen LogP contribution >= 0.6 is 0 Å². The summed E-state index contributed by atoms with van der Waals surface area (Å²) in [5, 5.41) is 0. The molecule has 0 bridgehead atoms. The van der Waals surface area contributed by atoms with E-state index in [-0.39, 0.29) is 6.67 Å². The molecule has 0 spiro atoms. The number of imidazole rings is 1. The number of anilines is 1. The van der Waals surface area contributed by atoms with Crippen LogP contribution in [0.5, 0.6) is 5.75 Å². The second kappa shape index (κ2) is 7.36. The molecular formula is C21H24FN3O. The van der Waals surface area contributed by atoms with Crippen LogP contribution in [0.3, 0.4) is 0 Å². The molecule has 0 saturated carbocycles. The summed E-state index contributed by atoms with van der Waals surface area (Å²) in [7, 11) is 1.67. The number of hydrogen-bond acceptors (Lipinski definition) is 3. The van der Waals surface area contributed by atoms with E-state index in [0.29, 0.717) is 12.3 Å². The van der Waals surface area contributed by atoms with Crippen LogP contribution in [0.2, 0.25) is 0 Å². The number of benzene rings is 1. The lowest BCUT2D eigenvalue weighted by Crippen LogP contribution is -2.33. The van der Waals surface area contributed by atoms with Gasteiger partial charge in [0.2, 0.25) is 0 Å². The molecule has 136 valence electrons. The highest BCUT2D eigenvalue weighted by atomic mass is 19.1. The van der Waals surface area contributed by atoms with Crippen molar-refractivity contribution in [2.45, 2.75) is 19.3 Å². The summed E-state index contributed by atoms with van der Waals surface area (Å²) in [6.45, 7) is 1.79. The van der Waals surface area contributed by atoms with Crippen LogP contribution < -0.4 is 9.64 Å². The maximum atomic E-state index is 12.5. The first kappa shape index (κ1) is 16.9. The molecule has 26 heavy (non-hydrogen) atoms. The Bertz CT molecular complexity index is 867. The Morgan fingerprint density at radius 1 is 1.15 bits per heavy atom. The molecule has 3 heterocycles. The Morgan fingerprint density at radius 3 is 2.62 bits per heavy atom. The van der Waals surface area contributed by atoms with Crippen LogP contribution in [0.4, 0.5) is 10.1 Å². The van der Waals surface area contributed by atoms with Gasteiger partial charge in [0.1, 0.15) is 11.4 Å². The van der Waals surface area contributed by atoms with Gasteiger partial charge in [-0.2, -0.15) is 0 Å². The first-order chi connectivity index (χ1) is 12.8. The van der Waals surface area contributed by atoms with E-state index < -0.39 is 0 Å². The van der Waals surface area contributed by atoms with Crippen molar-refractivity contribution >= 4 is 11.3 Å². The molecule has 0 aliphatic carbocycles. The molecule has 0 radical (unpaired) electrons. The predicted octanol–water partition coefficient (Wildman–Crippen LogP) is 4.59. The Morgan fingerprint density at radius 2 is 1.92 bits per heavy atom. The van der Waals surface area contributed by atoms with Crippen LogP contribution in [0.25, 0.3) is 16.9 Å². The Kier molecular flexibility index (Phi) is 4.78. The zero-order valence-electron chi connectivity index (χ0n) is 15.1. The standard InChI is InChI=1S/C21H24FN3O/c1-26-19-4-2-17(3-5-19)20-15-25-13-9-18(14-21(25)23-20)24-11-7-16(6-10-22)8-12-24/h2-5,9,13-16H,6-8,10-12H2,1H3. The zero-order chi connectivity index (χ0) is 17.9. The zero-order valence-corrected chi connectivity index (χ0v) is 15.1. The van der Waals surface area contributed by atoms with Crippen LogP contribution in [-0.2, 0) is 0 Å². The number of ether oxygens (including phenoxy) is 1. The average Bonchev–Trinajstić information content (AvgIpc) is 3.12. The lowest BCUT2D eigenvalue weighted by molar-refractivity contribution is 0.332. The number of alkyl halides is 1. The maximum Gasteiger partial charge on any atom is 0.139 e. The number of fused-ring (bicyclic) bond motifs is 1. The first-order valence-corrected chi connectivity index (χ1v) is 9.21.